The summed E-state index contributed by atoms with van der Waals surface area (Å²) < 4.78 is 39.6. The van der Waals surface area contributed by atoms with Gasteiger partial charge in [0.2, 0.25) is 0 Å². The summed E-state index contributed by atoms with van der Waals surface area (Å²) in [5.74, 6) is -1.44. The van der Waals surface area contributed by atoms with Crippen molar-refractivity contribution in [2.75, 3.05) is 7.11 Å². The van der Waals surface area contributed by atoms with Crippen LogP contribution in [0.15, 0.2) is 18.2 Å². The molecule has 1 N–H and O–H groups in total. The van der Waals surface area contributed by atoms with Crippen molar-refractivity contribution in [2.45, 2.75) is 6.29 Å². The number of pyridine rings is 1. The molecule has 0 saturated carbocycles. The minimum absolute atomic E-state index is 0.154. The molecule has 1 aromatic heterocycles. The zero-order valence-electron chi connectivity index (χ0n) is 10.0. The lowest BCUT2D eigenvalue weighted by Crippen LogP contribution is -2.25. The summed E-state index contributed by atoms with van der Waals surface area (Å²) >= 11 is 0. The van der Waals surface area contributed by atoms with Gasteiger partial charge in [0, 0.05) is 17.5 Å². The Hall–Kier alpha value is -2.64. The topological polar surface area (TPSA) is 77.9 Å². The second-order valence-electron chi connectivity index (χ2n) is 4.00. The van der Waals surface area contributed by atoms with Gasteiger partial charge in [-0.05, 0) is 6.07 Å². The number of hydrogen-bond acceptors (Lipinski definition) is 5. The number of hydrogen-bond donors (Lipinski definition) is 1. The van der Waals surface area contributed by atoms with Gasteiger partial charge >= 0.3 is 12.3 Å². The van der Waals surface area contributed by atoms with E-state index in [4.69, 9.17) is 9.84 Å². The minimum atomic E-state index is -3.75. The van der Waals surface area contributed by atoms with Crippen LogP contribution in [0.1, 0.15) is 10.5 Å². The van der Waals surface area contributed by atoms with Gasteiger partial charge in [0.1, 0.15) is 5.75 Å². The third-order valence-corrected chi connectivity index (χ3v) is 2.73. The first-order valence-electron chi connectivity index (χ1n) is 5.41. The molecule has 0 fully saturated rings. The molecular weight excluding hydrogens is 276 g/mol. The fraction of sp³-hybridized carbons (Fsp3) is 0.167. The van der Waals surface area contributed by atoms with Crippen LogP contribution in [0.3, 0.4) is 0 Å². The van der Waals surface area contributed by atoms with E-state index in [0.29, 0.717) is 5.39 Å². The zero-order chi connectivity index (χ0) is 14.5. The number of fused-ring (bicyclic) bond motifs is 2. The molecule has 0 bridgehead atoms. The number of carbonyl (C=O) groups is 1. The Kier molecular flexibility index (Phi) is 2.43. The standard InChI is InChI=1S/C12H7F2NO5/c1-18-8-4-7(11(16)17)15-6-3-10-9(2-5(6)8)19-12(13,14)20-10/h2-4H,1H3,(H,16,17). The molecular formula is C12H7F2NO5. The van der Waals surface area contributed by atoms with Gasteiger partial charge in [-0.3, -0.25) is 0 Å². The maximum Gasteiger partial charge on any atom is 0.586 e. The van der Waals surface area contributed by atoms with Crippen molar-refractivity contribution < 1.29 is 32.9 Å². The second kappa shape index (κ2) is 3.92. The van der Waals surface area contributed by atoms with Crippen LogP contribution in [0.4, 0.5) is 8.78 Å². The Morgan fingerprint density at radius 3 is 2.55 bits per heavy atom. The van der Waals surface area contributed by atoms with Crippen LogP contribution in [0.2, 0.25) is 0 Å². The highest BCUT2D eigenvalue weighted by molar-refractivity contribution is 5.94. The van der Waals surface area contributed by atoms with Gasteiger partial charge in [-0.25, -0.2) is 9.78 Å². The molecule has 1 aliphatic heterocycles. The maximum atomic E-state index is 13.0. The monoisotopic (exact) mass is 283 g/mol. The van der Waals surface area contributed by atoms with E-state index in [-0.39, 0.29) is 28.5 Å². The first kappa shape index (κ1) is 12.4. The van der Waals surface area contributed by atoms with Crippen LogP contribution in [0, 0.1) is 0 Å². The third kappa shape index (κ3) is 1.85. The Labute approximate surface area is 110 Å². The molecule has 6 nitrogen and oxygen atoms in total. The number of ether oxygens (including phenoxy) is 3. The van der Waals surface area contributed by atoms with Crippen molar-refractivity contribution in [1.29, 1.82) is 0 Å². The van der Waals surface area contributed by atoms with Crippen molar-refractivity contribution >= 4 is 16.9 Å². The molecule has 0 atom stereocenters. The summed E-state index contributed by atoms with van der Waals surface area (Å²) in [5.41, 5.74) is -0.109. The quantitative estimate of drug-likeness (QED) is 0.910. The van der Waals surface area contributed by atoms with Crippen molar-refractivity contribution in [1.82, 2.24) is 4.98 Å². The molecule has 3 rings (SSSR count). The Morgan fingerprint density at radius 2 is 1.95 bits per heavy atom. The summed E-state index contributed by atoms with van der Waals surface area (Å²) in [6, 6.07) is 3.65. The molecule has 104 valence electrons. The number of halogens is 2. The van der Waals surface area contributed by atoms with E-state index < -0.39 is 12.3 Å². The highest BCUT2D eigenvalue weighted by Crippen LogP contribution is 2.44. The number of aromatic nitrogens is 1. The number of alkyl halides is 2. The lowest BCUT2D eigenvalue weighted by molar-refractivity contribution is -0.286. The molecule has 1 aliphatic rings. The fourth-order valence-electron chi connectivity index (χ4n) is 1.92. The fourth-order valence-corrected chi connectivity index (χ4v) is 1.92. The van der Waals surface area contributed by atoms with Crippen molar-refractivity contribution in [3.63, 3.8) is 0 Å². The average Bonchev–Trinajstić information content (AvgIpc) is 2.67. The average molecular weight is 283 g/mol. The third-order valence-electron chi connectivity index (χ3n) is 2.73. The minimum Gasteiger partial charge on any atom is -0.496 e. The number of rotatable bonds is 2. The van der Waals surface area contributed by atoms with E-state index in [9.17, 15) is 13.6 Å². The first-order valence-corrected chi connectivity index (χ1v) is 5.41. The van der Waals surface area contributed by atoms with E-state index >= 15 is 0 Å². The highest BCUT2D eigenvalue weighted by atomic mass is 19.3. The summed E-state index contributed by atoms with van der Waals surface area (Å²) in [5, 5.41) is 9.29. The molecule has 2 aromatic rings. The number of methoxy groups -OCH3 is 1. The van der Waals surface area contributed by atoms with E-state index in [0.717, 1.165) is 0 Å². The van der Waals surface area contributed by atoms with Crippen molar-refractivity contribution in [3.05, 3.63) is 23.9 Å². The molecule has 1 aromatic carbocycles. The Bertz CT molecular complexity index is 731. The van der Waals surface area contributed by atoms with Crippen LogP contribution >= 0.6 is 0 Å². The number of carboxylic acid groups (broad SMARTS) is 1. The Balaban J connectivity index is 2.25. The highest BCUT2D eigenvalue weighted by Gasteiger charge is 2.43. The molecule has 0 aliphatic carbocycles. The molecule has 0 saturated heterocycles. The van der Waals surface area contributed by atoms with Crippen LogP contribution in [0.5, 0.6) is 17.2 Å². The van der Waals surface area contributed by atoms with E-state index in [1.165, 1.54) is 25.3 Å². The predicted octanol–water partition coefficient (Wildman–Crippen LogP) is 2.26. The second-order valence-corrected chi connectivity index (χ2v) is 4.00. The molecule has 0 amide bonds. The van der Waals surface area contributed by atoms with Crippen molar-refractivity contribution in [2.24, 2.45) is 0 Å². The van der Waals surface area contributed by atoms with Gasteiger partial charge in [0.05, 0.1) is 12.6 Å². The van der Waals surface area contributed by atoms with Crippen LogP contribution in [-0.2, 0) is 0 Å². The molecule has 0 radical (unpaired) electrons. The van der Waals surface area contributed by atoms with Gasteiger partial charge in [-0.15, -0.1) is 8.78 Å². The number of carboxylic acids is 1. The zero-order valence-corrected chi connectivity index (χ0v) is 10.0. The predicted molar refractivity (Wildman–Crippen MR) is 61.5 cm³/mol. The smallest absolute Gasteiger partial charge is 0.496 e. The van der Waals surface area contributed by atoms with E-state index in [2.05, 4.69) is 14.5 Å². The summed E-state index contributed by atoms with van der Waals surface area (Å²) in [7, 11) is 1.33. The lowest BCUT2D eigenvalue weighted by Gasteiger charge is -2.07. The van der Waals surface area contributed by atoms with Crippen molar-refractivity contribution in [3.8, 4) is 17.2 Å². The molecule has 8 heteroatoms. The number of benzene rings is 1. The number of aromatic carboxylic acids is 1. The van der Waals surface area contributed by atoms with Gasteiger partial charge in [-0.2, -0.15) is 0 Å². The molecule has 0 spiro atoms. The SMILES string of the molecule is COc1cc(C(=O)O)nc2cc3c(cc12)OC(F)(F)O3. The largest absolute Gasteiger partial charge is 0.586 e. The Morgan fingerprint density at radius 1 is 1.30 bits per heavy atom. The first-order chi connectivity index (χ1) is 9.39. The maximum absolute atomic E-state index is 13.0. The van der Waals surface area contributed by atoms with Gasteiger partial charge in [0.25, 0.3) is 0 Å². The normalized spacial score (nSPS) is 15.3. The van der Waals surface area contributed by atoms with Gasteiger partial charge < -0.3 is 19.3 Å². The van der Waals surface area contributed by atoms with Gasteiger partial charge in [0.15, 0.2) is 17.2 Å². The van der Waals surface area contributed by atoms with E-state index in [1.807, 2.05) is 0 Å². The molecule has 0 unspecified atom stereocenters. The lowest BCUT2D eigenvalue weighted by atomic mass is 10.1. The van der Waals surface area contributed by atoms with E-state index in [1.54, 1.807) is 0 Å². The summed E-state index contributed by atoms with van der Waals surface area (Å²) in [4.78, 5) is 14.8. The van der Waals surface area contributed by atoms with Crippen LogP contribution < -0.4 is 14.2 Å². The van der Waals surface area contributed by atoms with Crippen LogP contribution in [-0.4, -0.2) is 29.5 Å². The molecule has 2 heterocycles. The summed E-state index contributed by atoms with van der Waals surface area (Å²) in [6.07, 6.45) is -3.75. The number of nitrogens with zero attached hydrogens (tertiary/aromatic N) is 1. The molecule has 20 heavy (non-hydrogen) atoms. The summed E-state index contributed by atoms with van der Waals surface area (Å²) in [6.45, 7) is 0. The van der Waals surface area contributed by atoms with Crippen LogP contribution in [0.25, 0.3) is 10.9 Å². The van der Waals surface area contributed by atoms with Gasteiger partial charge in [-0.1, -0.05) is 0 Å².